The summed E-state index contributed by atoms with van der Waals surface area (Å²) in [5, 5.41) is 22.1. The lowest BCUT2D eigenvalue weighted by Gasteiger charge is -2.11. The van der Waals surface area contributed by atoms with Gasteiger partial charge in [-0.2, -0.15) is 0 Å². The molecule has 0 radical (unpaired) electrons. The highest BCUT2D eigenvalue weighted by molar-refractivity contribution is 9.10. The summed E-state index contributed by atoms with van der Waals surface area (Å²) in [6.07, 6.45) is 0.594. The summed E-state index contributed by atoms with van der Waals surface area (Å²) in [6, 6.07) is 4.04. The van der Waals surface area contributed by atoms with Crippen LogP contribution in [0.3, 0.4) is 0 Å². The fraction of sp³-hybridized carbons (Fsp3) is 0.417. The molecule has 1 unspecified atom stereocenters. The van der Waals surface area contributed by atoms with Gasteiger partial charge in [-0.15, -0.1) is 0 Å². The highest BCUT2D eigenvalue weighted by Gasteiger charge is 2.15. The van der Waals surface area contributed by atoms with Crippen molar-refractivity contribution in [2.24, 2.45) is 5.92 Å². The van der Waals surface area contributed by atoms with Gasteiger partial charge in [-0.3, -0.25) is 14.9 Å². The Balaban J connectivity index is 2.76. The molecular formula is C12H15BrN2O4. The zero-order valence-electron chi connectivity index (χ0n) is 10.4. The average Bonchev–Trinajstić information content (AvgIpc) is 2.36. The van der Waals surface area contributed by atoms with Crippen molar-refractivity contribution in [1.29, 1.82) is 0 Å². The van der Waals surface area contributed by atoms with Crippen molar-refractivity contribution in [2.75, 3.05) is 13.2 Å². The molecule has 19 heavy (non-hydrogen) atoms. The van der Waals surface area contributed by atoms with E-state index in [2.05, 4.69) is 21.2 Å². The molecule has 0 saturated heterocycles. The van der Waals surface area contributed by atoms with Crippen molar-refractivity contribution in [3.05, 3.63) is 38.3 Å². The highest BCUT2D eigenvalue weighted by atomic mass is 79.9. The van der Waals surface area contributed by atoms with Crippen LogP contribution in [0.2, 0.25) is 0 Å². The third-order valence-corrected chi connectivity index (χ3v) is 3.33. The third-order valence-electron chi connectivity index (χ3n) is 2.64. The first-order valence-corrected chi connectivity index (χ1v) is 6.58. The average molecular weight is 331 g/mol. The number of non-ortho nitro benzene ring substituents is 1. The maximum Gasteiger partial charge on any atom is 0.270 e. The number of amides is 1. The summed E-state index contributed by atoms with van der Waals surface area (Å²) in [5.41, 5.74) is 0.0992. The first-order valence-electron chi connectivity index (χ1n) is 5.78. The quantitative estimate of drug-likeness (QED) is 0.617. The number of benzene rings is 1. The molecule has 1 amide bonds. The van der Waals surface area contributed by atoms with E-state index in [1.807, 2.05) is 6.92 Å². The van der Waals surface area contributed by atoms with Gasteiger partial charge in [0.1, 0.15) is 0 Å². The van der Waals surface area contributed by atoms with Crippen LogP contribution in [-0.4, -0.2) is 29.1 Å². The predicted molar refractivity (Wildman–Crippen MR) is 74.0 cm³/mol. The molecule has 0 aliphatic rings. The number of carbonyl (C=O) groups is 1. The molecule has 7 heteroatoms. The summed E-state index contributed by atoms with van der Waals surface area (Å²) in [6.45, 7) is 2.38. The van der Waals surface area contributed by atoms with E-state index in [0.29, 0.717) is 17.4 Å². The minimum atomic E-state index is -0.544. The van der Waals surface area contributed by atoms with Crippen molar-refractivity contribution in [3.8, 4) is 0 Å². The molecule has 2 N–H and O–H groups in total. The second kappa shape index (κ2) is 7.20. The molecule has 0 aromatic heterocycles. The number of carbonyl (C=O) groups excluding carboxylic acids is 1. The van der Waals surface area contributed by atoms with Crippen LogP contribution in [0.1, 0.15) is 23.7 Å². The minimum absolute atomic E-state index is 0.0670. The summed E-state index contributed by atoms with van der Waals surface area (Å²) in [4.78, 5) is 22.0. The lowest BCUT2D eigenvalue weighted by molar-refractivity contribution is -0.384. The monoisotopic (exact) mass is 330 g/mol. The van der Waals surface area contributed by atoms with Crippen LogP contribution in [-0.2, 0) is 0 Å². The van der Waals surface area contributed by atoms with Crippen LogP contribution in [0.4, 0.5) is 5.69 Å². The Hall–Kier alpha value is -1.47. The van der Waals surface area contributed by atoms with Gasteiger partial charge >= 0.3 is 0 Å². The first-order chi connectivity index (χ1) is 8.95. The number of nitrogens with one attached hydrogen (secondary N) is 1. The van der Waals surface area contributed by atoms with E-state index < -0.39 is 4.92 Å². The molecule has 0 heterocycles. The molecule has 0 spiro atoms. The van der Waals surface area contributed by atoms with E-state index >= 15 is 0 Å². The van der Waals surface area contributed by atoms with Gasteiger partial charge in [-0.25, -0.2) is 0 Å². The molecule has 0 saturated carbocycles. The molecule has 6 nitrogen and oxygen atoms in total. The van der Waals surface area contributed by atoms with E-state index in [4.69, 9.17) is 5.11 Å². The Morgan fingerprint density at radius 2 is 2.26 bits per heavy atom. The number of halogens is 1. The molecular weight excluding hydrogens is 316 g/mol. The number of aliphatic hydroxyl groups excluding tert-OH is 1. The fourth-order valence-corrected chi connectivity index (χ4v) is 1.91. The van der Waals surface area contributed by atoms with Gasteiger partial charge in [0.25, 0.3) is 11.6 Å². The normalized spacial score (nSPS) is 11.9. The van der Waals surface area contributed by atoms with Gasteiger partial charge in [0.2, 0.25) is 0 Å². The third kappa shape index (κ3) is 4.60. The van der Waals surface area contributed by atoms with E-state index in [1.165, 1.54) is 18.2 Å². The van der Waals surface area contributed by atoms with Crippen LogP contribution >= 0.6 is 15.9 Å². The van der Waals surface area contributed by atoms with Gasteiger partial charge in [0.15, 0.2) is 0 Å². The van der Waals surface area contributed by atoms with Gasteiger partial charge in [0.05, 0.1) is 10.5 Å². The maximum atomic E-state index is 11.9. The van der Waals surface area contributed by atoms with Gasteiger partial charge < -0.3 is 10.4 Å². The summed E-state index contributed by atoms with van der Waals surface area (Å²) < 4.78 is 0.505. The number of nitro groups is 1. The van der Waals surface area contributed by atoms with E-state index in [0.717, 1.165) is 0 Å². The number of nitro benzene ring substituents is 1. The van der Waals surface area contributed by atoms with Crippen LogP contribution in [0.5, 0.6) is 0 Å². The van der Waals surface area contributed by atoms with Gasteiger partial charge in [-0.1, -0.05) is 6.92 Å². The molecule has 1 rings (SSSR count). The zero-order chi connectivity index (χ0) is 14.4. The molecule has 0 fully saturated rings. The number of hydrogen-bond donors (Lipinski definition) is 2. The Morgan fingerprint density at radius 1 is 1.58 bits per heavy atom. The number of nitrogens with zero attached hydrogens (tertiary/aromatic N) is 1. The van der Waals surface area contributed by atoms with Crippen molar-refractivity contribution >= 4 is 27.5 Å². The topological polar surface area (TPSA) is 92.5 Å². The Kier molecular flexibility index (Phi) is 5.91. The molecule has 1 atom stereocenters. The van der Waals surface area contributed by atoms with E-state index in [1.54, 1.807) is 0 Å². The standard InChI is InChI=1S/C12H15BrN2O4/c1-8(4-5-16)7-14-12(17)10-6-9(15(18)19)2-3-11(10)13/h2-3,6,8,16H,4-5,7H2,1H3,(H,14,17). The van der Waals surface area contributed by atoms with Crippen LogP contribution in [0.25, 0.3) is 0 Å². The van der Waals surface area contributed by atoms with Gasteiger partial charge in [-0.05, 0) is 34.3 Å². The SMILES string of the molecule is CC(CCO)CNC(=O)c1cc([N+](=O)[O-])ccc1Br. The lowest BCUT2D eigenvalue weighted by Crippen LogP contribution is -2.29. The van der Waals surface area contributed by atoms with Crippen LogP contribution in [0.15, 0.2) is 22.7 Å². The predicted octanol–water partition coefficient (Wildman–Crippen LogP) is 2.11. The molecule has 0 aliphatic heterocycles. The summed E-state index contributed by atoms with van der Waals surface area (Å²) in [7, 11) is 0. The molecule has 1 aromatic rings. The second-order valence-electron chi connectivity index (χ2n) is 4.25. The minimum Gasteiger partial charge on any atom is -0.396 e. The number of hydrogen-bond acceptors (Lipinski definition) is 4. The van der Waals surface area contributed by atoms with Crippen molar-refractivity contribution in [2.45, 2.75) is 13.3 Å². The van der Waals surface area contributed by atoms with Gasteiger partial charge in [0, 0.05) is 29.8 Å². The summed E-state index contributed by atoms with van der Waals surface area (Å²) >= 11 is 3.19. The largest absolute Gasteiger partial charge is 0.396 e. The van der Waals surface area contributed by atoms with Crippen LogP contribution in [0, 0.1) is 16.0 Å². The molecule has 0 bridgehead atoms. The van der Waals surface area contributed by atoms with E-state index in [-0.39, 0.29) is 29.7 Å². The Morgan fingerprint density at radius 3 is 2.84 bits per heavy atom. The fourth-order valence-electron chi connectivity index (χ4n) is 1.49. The molecule has 0 aliphatic carbocycles. The molecule has 1 aromatic carbocycles. The maximum absolute atomic E-state index is 11.9. The van der Waals surface area contributed by atoms with Crippen molar-refractivity contribution < 1.29 is 14.8 Å². The second-order valence-corrected chi connectivity index (χ2v) is 5.10. The zero-order valence-corrected chi connectivity index (χ0v) is 12.0. The molecule has 104 valence electrons. The highest BCUT2D eigenvalue weighted by Crippen LogP contribution is 2.22. The van der Waals surface area contributed by atoms with Crippen molar-refractivity contribution in [1.82, 2.24) is 5.32 Å². The number of aliphatic hydroxyl groups is 1. The lowest BCUT2D eigenvalue weighted by atomic mass is 10.1. The smallest absolute Gasteiger partial charge is 0.270 e. The summed E-state index contributed by atoms with van der Waals surface area (Å²) in [5.74, 6) is -0.230. The first kappa shape index (κ1) is 15.6. The Labute approximate surface area is 119 Å². The Bertz CT molecular complexity index is 479. The number of rotatable bonds is 6. The van der Waals surface area contributed by atoms with Crippen molar-refractivity contribution in [3.63, 3.8) is 0 Å². The van der Waals surface area contributed by atoms with Crippen LogP contribution < -0.4 is 5.32 Å². The van der Waals surface area contributed by atoms with E-state index in [9.17, 15) is 14.9 Å².